The molecule has 0 fully saturated rings. The van der Waals surface area contributed by atoms with Crippen molar-refractivity contribution in [2.75, 3.05) is 11.4 Å². The monoisotopic (exact) mass is 285 g/mol. The minimum Gasteiger partial charge on any atom is -0.369 e. The molecule has 1 heterocycles. The molecule has 0 saturated heterocycles. The minimum atomic E-state index is 0.107. The van der Waals surface area contributed by atoms with Crippen molar-refractivity contribution < 1.29 is 0 Å². The van der Waals surface area contributed by atoms with Crippen molar-refractivity contribution >= 4 is 23.2 Å². The van der Waals surface area contributed by atoms with Gasteiger partial charge in [0.2, 0.25) is 0 Å². The Bertz CT molecular complexity index is 652. The Morgan fingerprint density at radius 2 is 1.95 bits per heavy atom. The minimum absolute atomic E-state index is 0.107. The van der Waals surface area contributed by atoms with E-state index in [-0.39, 0.29) is 6.04 Å². The summed E-state index contributed by atoms with van der Waals surface area (Å²) in [5, 5.41) is 0.779. The highest BCUT2D eigenvalue weighted by atomic mass is 35.5. The van der Waals surface area contributed by atoms with E-state index in [2.05, 4.69) is 16.0 Å². The summed E-state index contributed by atoms with van der Waals surface area (Å²) in [5.74, 6) is 0.554. The molecule has 0 aliphatic carbocycles. The number of anilines is 1. The molecule has 1 aliphatic rings. The van der Waals surface area contributed by atoms with Gasteiger partial charge in [0.15, 0.2) is 5.96 Å². The summed E-state index contributed by atoms with van der Waals surface area (Å²) in [6.45, 7) is 2.65. The molecule has 3 rings (SSSR count). The first-order valence-electron chi connectivity index (χ1n) is 6.57. The number of para-hydroxylation sites is 1. The zero-order valence-corrected chi connectivity index (χ0v) is 12.0. The highest BCUT2D eigenvalue weighted by Gasteiger charge is 2.28. The van der Waals surface area contributed by atoms with Crippen LogP contribution in [-0.4, -0.2) is 12.5 Å². The van der Waals surface area contributed by atoms with Gasteiger partial charge < -0.3 is 10.6 Å². The molecule has 102 valence electrons. The van der Waals surface area contributed by atoms with Crippen LogP contribution in [0.1, 0.15) is 17.2 Å². The van der Waals surface area contributed by atoms with Gasteiger partial charge in [-0.1, -0.05) is 41.9 Å². The van der Waals surface area contributed by atoms with Crippen LogP contribution in [-0.2, 0) is 0 Å². The first kappa shape index (κ1) is 13.0. The number of rotatable bonds is 2. The van der Waals surface area contributed by atoms with Crippen LogP contribution in [0.4, 0.5) is 5.69 Å². The Hall–Kier alpha value is -2.00. The number of aliphatic imine (C=N–C) groups is 1. The van der Waals surface area contributed by atoms with Gasteiger partial charge >= 0.3 is 0 Å². The first-order valence-corrected chi connectivity index (χ1v) is 6.95. The molecule has 0 radical (unpaired) electrons. The fraction of sp³-hybridized carbons (Fsp3) is 0.188. The van der Waals surface area contributed by atoms with Crippen molar-refractivity contribution in [1.29, 1.82) is 0 Å². The summed E-state index contributed by atoms with van der Waals surface area (Å²) in [7, 11) is 0. The van der Waals surface area contributed by atoms with Crippen LogP contribution in [0.2, 0.25) is 5.02 Å². The van der Waals surface area contributed by atoms with Crippen molar-refractivity contribution in [2.45, 2.75) is 13.0 Å². The molecular formula is C16H16ClN3. The zero-order chi connectivity index (χ0) is 14.1. The van der Waals surface area contributed by atoms with E-state index < -0.39 is 0 Å². The summed E-state index contributed by atoms with van der Waals surface area (Å²) < 4.78 is 0. The van der Waals surface area contributed by atoms with E-state index in [1.54, 1.807) is 0 Å². The Morgan fingerprint density at radius 3 is 2.65 bits per heavy atom. The normalized spacial score (nSPS) is 18.2. The number of benzene rings is 2. The van der Waals surface area contributed by atoms with Crippen LogP contribution in [0.5, 0.6) is 0 Å². The lowest BCUT2D eigenvalue weighted by molar-refractivity contribution is 0.768. The number of halogens is 1. The van der Waals surface area contributed by atoms with Crippen molar-refractivity contribution in [1.82, 2.24) is 0 Å². The summed E-state index contributed by atoms with van der Waals surface area (Å²) >= 11 is 6.24. The molecule has 0 amide bonds. The van der Waals surface area contributed by atoms with Crippen LogP contribution < -0.4 is 10.6 Å². The molecule has 4 heteroatoms. The fourth-order valence-corrected chi connectivity index (χ4v) is 2.66. The smallest absolute Gasteiger partial charge is 0.196 e. The quantitative estimate of drug-likeness (QED) is 0.917. The molecule has 2 N–H and O–H groups in total. The molecule has 2 aromatic carbocycles. The Morgan fingerprint density at radius 1 is 1.20 bits per heavy atom. The Labute approximate surface area is 123 Å². The maximum Gasteiger partial charge on any atom is 0.196 e. The molecule has 0 spiro atoms. The van der Waals surface area contributed by atoms with E-state index >= 15 is 0 Å². The number of nitrogens with two attached hydrogens (primary N) is 1. The van der Waals surface area contributed by atoms with Crippen molar-refractivity contribution in [2.24, 2.45) is 10.7 Å². The average molecular weight is 286 g/mol. The first-order chi connectivity index (χ1) is 9.66. The summed E-state index contributed by atoms with van der Waals surface area (Å²) in [5.41, 5.74) is 9.31. The van der Waals surface area contributed by atoms with Crippen LogP contribution in [0.25, 0.3) is 0 Å². The largest absolute Gasteiger partial charge is 0.369 e. The van der Waals surface area contributed by atoms with Gasteiger partial charge in [-0.25, -0.2) is 0 Å². The molecule has 1 atom stereocenters. The maximum atomic E-state index is 6.24. The van der Waals surface area contributed by atoms with E-state index in [0.29, 0.717) is 12.5 Å². The highest BCUT2D eigenvalue weighted by Crippen LogP contribution is 2.32. The molecule has 2 aromatic rings. The predicted octanol–water partition coefficient (Wildman–Crippen LogP) is 3.52. The van der Waals surface area contributed by atoms with E-state index in [9.17, 15) is 0 Å². The van der Waals surface area contributed by atoms with Crippen LogP contribution in [0.3, 0.4) is 0 Å². The molecule has 1 unspecified atom stereocenters. The zero-order valence-electron chi connectivity index (χ0n) is 11.3. The number of guanidine groups is 1. The van der Waals surface area contributed by atoms with Gasteiger partial charge in [0, 0.05) is 10.7 Å². The molecule has 3 nitrogen and oxygen atoms in total. The predicted molar refractivity (Wildman–Crippen MR) is 84.3 cm³/mol. The SMILES string of the molecule is Cc1ccc(C2CN=C(N)N2c2ccccc2)cc1Cl. The summed E-state index contributed by atoms with van der Waals surface area (Å²) in [4.78, 5) is 6.44. The summed E-state index contributed by atoms with van der Waals surface area (Å²) in [6.07, 6.45) is 0. The van der Waals surface area contributed by atoms with Gasteiger partial charge in [-0.3, -0.25) is 4.99 Å². The fourth-order valence-electron chi connectivity index (χ4n) is 2.47. The van der Waals surface area contributed by atoms with E-state index in [0.717, 1.165) is 21.8 Å². The highest BCUT2D eigenvalue weighted by molar-refractivity contribution is 6.31. The number of hydrogen-bond acceptors (Lipinski definition) is 3. The molecule has 0 saturated carbocycles. The van der Waals surface area contributed by atoms with Crippen LogP contribution >= 0.6 is 11.6 Å². The lowest BCUT2D eigenvalue weighted by atomic mass is 10.0. The number of aryl methyl sites for hydroxylation is 1. The van der Waals surface area contributed by atoms with Crippen molar-refractivity contribution in [3.05, 3.63) is 64.7 Å². The topological polar surface area (TPSA) is 41.6 Å². The van der Waals surface area contributed by atoms with Crippen LogP contribution in [0, 0.1) is 6.92 Å². The van der Waals surface area contributed by atoms with Crippen molar-refractivity contribution in [3.8, 4) is 0 Å². The van der Waals surface area contributed by atoms with E-state index in [1.807, 2.05) is 49.4 Å². The Kier molecular flexibility index (Phi) is 3.36. The maximum absolute atomic E-state index is 6.24. The standard InChI is InChI=1S/C16H16ClN3/c1-11-7-8-12(9-14(11)17)15-10-19-16(18)20(15)13-5-3-2-4-6-13/h2-9,15H,10H2,1H3,(H2,18,19). The van der Waals surface area contributed by atoms with Gasteiger partial charge in [-0.15, -0.1) is 0 Å². The van der Waals surface area contributed by atoms with Crippen molar-refractivity contribution in [3.63, 3.8) is 0 Å². The lowest BCUT2D eigenvalue weighted by Crippen LogP contribution is -2.36. The number of hydrogen-bond donors (Lipinski definition) is 1. The Balaban J connectivity index is 1.99. The molecule has 0 bridgehead atoms. The number of nitrogens with zero attached hydrogens (tertiary/aromatic N) is 2. The van der Waals surface area contributed by atoms with Gasteiger partial charge in [0.05, 0.1) is 12.6 Å². The molecule has 0 aromatic heterocycles. The van der Waals surface area contributed by atoms with Gasteiger partial charge in [-0.2, -0.15) is 0 Å². The van der Waals surface area contributed by atoms with Crippen LogP contribution in [0.15, 0.2) is 53.5 Å². The van der Waals surface area contributed by atoms with E-state index in [1.165, 1.54) is 0 Å². The third-order valence-corrected chi connectivity index (χ3v) is 4.01. The average Bonchev–Trinajstić information content (AvgIpc) is 2.85. The lowest BCUT2D eigenvalue weighted by Gasteiger charge is -2.27. The summed E-state index contributed by atoms with van der Waals surface area (Å²) in [6, 6.07) is 16.3. The molecule has 1 aliphatic heterocycles. The van der Waals surface area contributed by atoms with Gasteiger partial charge in [0.1, 0.15) is 0 Å². The second-order valence-electron chi connectivity index (χ2n) is 4.93. The molecule has 20 heavy (non-hydrogen) atoms. The third kappa shape index (κ3) is 2.25. The van der Waals surface area contributed by atoms with E-state index in [4.69, 9.17) is 17.3 Å². The van der Waals surface area contributed by atoms with Gasteiger partial charge in [0.25, 0.3) is 0 Å². The molecular weight excluding hydrogens is 270 g/mol. The third-order valence-electron chi connectivity index (χ3n) is 3.60. The van der Waals surface area contributed by atoms with Gasteiger partial charge in [-0.05, 0) is 36.2 Å². The second kappa shape index (κ2) is 5.17. The second-order valence-corrected chi connectivity index (χ2v) is 5.34.